The van der Waals surface area contributed by atoms with Crippen LogP contribution in [0, 0.1) is 0 Å². The SMILES string of the molecule is CCCC[Si](CCCOC(C)=O)(OC)OC. The second-order valence-corrected chi connectivity index (χ2v) is 7.50. The van der Waals surface area contributed by atoms with Gasteiger partial charge in [0.05, 0.1) is 6.61 Å². The third-order valence-electron chi connectivity index (χ3n) is 2.66. The maximum atomic E-state index is 10.6. The zero-order valence-electron chi connectivity index (χ0n) is 10.9. The van der Waals surface area contributed by atoms with E-state index in [0.717, 1.165) is 31.4 Å². The number of carbonyl (C=O) groups is 1. The molecule has 0 amide bonds. The van der Waals surface area contributed by atoms with Gasteiger partial charge in [-0.1, -0.05) is 19.8 Å². The van der Waals surface area contributed by atoms with Crippen molar-refractivity contribution in [1.29, 1.82) is 0 Å². The number of esters is 1. The molecule has 0 fully saturated rings. The fourth-order valence-electron chi connectivity index (χ4n) is 1.62. The summed E-state index contributed by atoms with van der Waals surface area (Å²) >= 11 is 0. The van der Waals surface area contributed by atoms with Crippen LogP contribution in [-0.4, -0.2) is 35.4 Å². The molecule has 0 aliphatic rings. The molecule has 0 rings (SSSR count). The second kappa shape index (κ2) is 8.72. The van der Waals surface area contributed by atoms with E-state index in [1.54, 1.807) is 14.2 Å². The van der Waals surface area contributed by atoms with Crippen LogP contribution in [0.15, 0.2) is 0 Å². The number of hydrogen-bond acceptors (Lipinski definition) is 4. The largest absolute Gasteiger partial charge is 0.466 e. The van der Waals surface area contributed by atoms with Crippen LogP contribution < -0.4 is 0 Å². The molecule has 0 saturated heterocycles. The van der Waals surface area contributed by atoms with Gasteiger partial charge >= 0.3 is 14.5 Å². The van der Waals surface area contributed by atoms with E-state index in [0.29, 0.717) is 6.61 Å². The lowest BCUT2D eigenvalue weighted by atomic mass is 10.4. The van der Waals surface area contributed by atoms with Crippen molar-refractivity contribution < 1.29 is 18.4 Å². The predicted octanol–water partition coefficient (Wildman–Crippen LogP) is 2.47. The lowest BCUT2D eigenvalue weighted by Gasteiger charge is -2.27. The smallest absolute Gasteiger partial charge is 0.337 e. The Balaban J connectivity index is 3.95. The minimum Gasteiger partial charge on any atom is -0.466 e. The molecule has 0 aromatic carbocycles. The molecule has 16 heavy (non-hydrogen) atoms. The molecule has 0 spiro atoms. The van der Waals surface area contributed by atoms with Gasteiger partial charge in [-0.3, -0.25) is 4.79 Å². The van der Waals surface area contributed by atoms with Crippen LogP contribution in [0.4, 0.5) is 0 Å². The first kappa shape index (κ1) is 15.6. The molecular formula is C11H24O4Si. The van der Waals surface area contributed by atoms with Crippen LogP contribution in [0.2, 0.25) is 12.1 Å². The summed E-state index contributed by atoms with van der Waals surface area (Å²) in [6.45, 7) is 4.04. The molecule has 0 aliphatic heterocycles. The van der Waals surface area contributed by atoms with Crippen molar-refractivity contribution in [2.75, 3.05) is 20.8 Å². The van der Waals surface area contributed by atoms with Crippen molar-refractivity contribution in [3.63, 3.8) is 0 Å². The molecule has 0 aromatic heterocycles. The van der Waals surface area contributed by atoms with Gasteiger partial charge in [0, 0.05) is 21.1 Å². The maximum Gasteiger partial charge on any atom is 0.337 e. The summed E-state index contributed by atoms with van der Waals surface area (Å²) in [4.78, 5) is 10.6. The Morgan fingerprint density at radius 2 is 1.69 bits per heavy atom. The molecule has 0 unspecified atom stereocenters. The Kier molecular flexibility index (Phi) is 8.51. The monoisotopic (exact) mass is 248 g/mol. The van der Waals surface area contributed by atoms with Crippen molar-refractivity contribution in [3.8, 4) is 0 Å². The molecule has 0 atom stereocenters. The van der Waals surface area contributed by atoms with E-state index in [1.807, 2.05) is 0 Å². The van der Waals surface area contributed by atoms with Crippen molar-refractivity contribution >= 4 is 14.5 Å². The number of rotatable bonds is 9. The third kappa shape index (κ3) is 6.25. The predicted molar refractivity (Wildman–Crippen MR) is 65.5 cm³/mol. The van der Waals surface area contributed by atoms with Gasteiger partial charge in [0.15, 0.2) is 0 Å². The highest BCUT2D eigenvalue weighted by molar-refractivity contribution is 6.67. The lowest BCUT2D eigenvalue weighted by molar-refractivity contribution is -0.140. The topological polar surface area (TPSA) is 44.8 Å². The highest BCUT2D eigenvalue weighted by atomic mass is 28.4. The molecule has 0 aliphatic carbocycles. The van der Waals surface area contributed by atoms with Crippen LogP contribution in [0.3, 0.4) is 0 Å². The van der Waals surface area contributed by atoms with E-state index >= 15 is 0 Å². The van der Waals surface area contributed by atoms with Crippen LogP contribution in [0.5, 0.6) is 0 Å². The summed E-state index contributed by atoms with van der Waals surface area (Å²) in [6, 6.07) is 1.89. The van der Waals surface area contributed by atoms with Gasteiger partial charge in [-0.25, -0.2) is 0 Å². The first-order valence-corrected chi connectivity index (χ1v) is 8.07. The highest BCUT2D eigenvalue weighted by Crippen LogP contribution is 2.22. The van der Waals surface area contributed by atoms with Gasteiger partial charge in [0.25, 0.3) is 0 Å². The Morgan fingerprint density at radius 1 is 1.12 bits per heavy atom. The van der Waals surface area contributed by atoms with E-state index in [4.69, 9.17) is 13.6 Å². The summed E-state index contributed by atoms with van der Waals surface area (Å²) < 4.78 is 16.0. The van der Waals surface area contributed by atoms with Crippen molar-refractivity contribution in [2.45, 2.75) is 45.2 Å². The number of carbonyl (C=O) groups excluding carboxylic acids is 1. The van der Waals surface area contributed by atoms with Crippen LogP contribution in [0.25, 0.3) is 0 Å². The molecule has 0 aromatic rings. The quantitative estimate of drug-likeness (QED) is 0.357. The zero-order valence-corrected chi connectivity index (χ0v) is 11.9. The fraction of sp³-hybridized carbons (Fsp3) is 0.909. The third-order valence-corrected chi connectivity index (χ3v) is 6.38. The fourth-order valence-corrected chi connectivity index (χ4v) is 4.43. The van der Waals surface area contributed by atoms with Gasteiger partial charge in [-0.05, 0) is 18.5 Å². The van der Waals surface area contributed by atoms with E-state index in [9.17, 15) is 4.79 Å². The van der Waals surface area contributed by atoms with Crippen LogP contribution in [-0.2, 0) is 18.4 Å². The minimum absolute atomic E-state index is 0.226. The van der Waals surface area contributed by atoms with Crippen LogP contribution in [0.1, 0.15) is 33.1 Å². The maximum absolute atomic E-state index is 10.6. The Hall–Kier alpha value is -0.393. The summed E-state index contributed by atoms with van der Waals surface area (Å²) in [6.07, 6.45) is 3.09. The Bertz CT molecular complexity index is 192. The number of hydrogen-bond donors (Lipinski definition) is 0. The standard InChI is InChI=1S/C11H24O4Si/c1-5-6-9-16(13-3,14-4)10-7-8-15-11(2)12/h5-10H2,1-4H3. The molecular weight excluding hydrogens is 224 g/mol. The van der Waals surface area contributed by atoms with Gasteiger partial charge < -0.3 is 13.6 Å². The average molecular weight is 248 g/mol. The molecule has 4 nitrogen and oxygen atoms in total. The van der Waals surface area contributed by atoms with E-state index in [2.05, 4.69) is 6.92 Å². The van der Waals surface area contributed by atoms with Gasteiger partial charge in [-0.15, -0.1) is 0 Å². The summed E-state index contributed by atoms with van der Waals surface area (Å²) in [7, 11) is 1.41. The number of ether oxygens (including phenoxy) is 1. The summed E-state index contributed by atoms with van der Waals surface area (Å²) in [5, 5.41) is 0. The number of unbranched alkanes of at least 4 members (excludes halogenated alkanes) is 1. The average Bonchev–Trinajstić information content (AvgIpc) is 2.29. The highest BCUT2D eigenvalue weighted by Gasteiger charge is 2.33. The van der Waals surface area contributed by atoms with Crippen molar-refractivity contribution in [1.82, 2.24) is 0 Å². The Labute approximate surface area is 99.5 Å². The normalized spacial score (nSPS) is 11.5. The Morgan fingerprint density at radius 3 is 2.12 bits per heavy atom. The van der Waals surface area contributed by atoms with Crippen molar-refractivity contribution in [3.05, 3.63) is 0 Å². The summed E-state index contributed by atoms with van der Waals surface area (Å²) in [5.41, 5.74) is 0. The van der Waals surface area contributed by atoms with E-state index in [1.165, 1.54) is 6.92 Å². The molecule has 0 N–H and O–H groups in total. The van der Waals surface area contributed by atoms with Crippen LogP contribution >= 0.6 is 0 Å². The minimum atomic E-state index is -2.03. The lowest BCUT2D eigenvalue weighted by Crippen LogP contribution is -2.40. The molecule has 96 valence electrons. The van der Waals surface area contributed by atoms with E-state index < -0.39 is 8.56 Å². The molecule has 0 radical (unpaired) electrons. The molecule has 0 saturated carbocycles. The first-order chi connectivity index (χ1) is 7.60. The van der Waals surface area contributed by atoms with Crippen molar-refractivity contribution in [2.24, 2.45) is 0 Å². The molecule has 0 heterocycles. The summed E-state index contributed by atoms with van der Waals surface area (Å²) in [5.74, 6) is -0.226. The first-order valence-electron chi connectivity index (χ1n) is 5.84. The van der Waals surface area contributed by atoms with Gasteiger partial charge in [0.2, 0.25) is 0 Å². The zero-order chi connectivity index (χ0) is 12.4. The molecule has 0 bridgehead atoms. The van der Waals surface area contributed by atoms with Gasteiger partial charge in [-0.2, -0.15) is 0 Å². The second-order valence-electron chi connectivity index (χ2n) is 3.87. The molecule has 5 heteroatoms. The van der Waals surface area contributed by atoms with Gasteiger partial charge in [0.1, 0.15) is 0 Å². The van der Waals surface area contributed by atoms with E-state index in [-0.39, 0.29) is 5.97 Å².